The predicted molar refractivity (Wildman–Crippen MR) is 63.5 cm³/mol. The summed E-state index contributed by atoms with van der Waals surface area (Å²) in [7, 11) is -3.52. The first-order valence-corrected chi connectivity index (χ1v) is 7.53. The van der Waals surface area contributed by atoms with Crippen molar-refractivity contribution in [2.75, 3.05) is 12.8 Å². The smallest absolute Gasteiger partial charge is 0.326 e. The van der Waals surface area contributed by atoms with E-state index in [0.29, 0.717) is 19.4 Å². The van der Waals surface area contributed by atoms with Gasteiger partial charge in [0.2, 0.25) is 14.9 Å². The maximum atomic E-state index is 12.1. The minimum atomic E-state index is -3.52. The van der Waals surface area contributed by atoms with E-state index in [2.05, 4.69) is 0 Å². The van der Waals surface area contributed by atoms with Crippen LogP contribution in [0.2, 0.25) is 0 Å². The first-order chi connectivity index (χ1) is 8.80. The molecule has 7 nitrogen and oxygen atoms in total. The summed E-state index contributed by atoms with van der Waals surface area (Å²) in [6, 6.07) is 1.56. The van der Waals surface area contributed by atoms with Crippen LogP contribution >= 0.6 is 0 Å². The number of furan rings is 1. The van der Waals surface area contributed by atoms with Gasteiger partial charge in [-0.25, -0.2) is 13.2 Å². The predicted octanol–water partition coefficient (Wildman–Crippen LogP) is 0.372. The van der Waals surface area contributed by atoms with Gasteiger partial charge < -0.3 is 14.4 Å². The van der Waals surface area contributed by atoms with E-state index in [1.807, 2.05) is 0 Å². The topological polar surface area (TPSA) is 105 Å². The van der Waals surface area contributed by atoms with E-state index >= 15 is 0 Å². The van der Waals surface area contributed by atoms with Crippen molar-refractivity contribution in [2.45, 2.75) is 24.0 Å². The van der Waals surface area contributed by atoms with Crippen LogP contribution in [0.3, 0.4) is 0 Å². The van der Waals surface area contributed by atoms with Gasteiger partial charge in [0.15, 0.2) is 5.76 Å². The van der Waals surface area contributed by atoms with E-state index < -0.39 is 27.8 Å². The number of rotatable bonds is 3. The van der Waals surface area contributed by atoms with Crippen molar-refractivity contribution in [1.29, 1.82) is 0 Å². The van der Waals surface area contributed by atoms with Crippen LogP contribution in [0.15, 0.2) is 21.6 Å². The minimum absolute atomic E-state index is 0.159. The lowest BCUT2D eigenvalue weighted by Crippen LogP contribution is -2.40. The van der Waals surface area contributed by atoms with Gasteiger partial charge in [-0.05, 0) is 25.0 Å². The maximum Gasteiger partial charge on any atom is 0.326 e. The lowest BCUT2D eigenvalue weighted by atomic mass is 10.2. The van der Waals surface area contributed by atoms with Crippen LogP contribution in [0.25, 0.3) is 0 Å². The molecular weight excluding hydrogens is 274 g/mol. The van der Waals surface area contributed by atoms with Crippen LogP contribution in [-0.4, -0.2) is 49.1 Å². The highest BCUT2D eigenvalue weighted by Gasteiger charge is 2.35. The molecule has 0 spiro atoms. The van der Waals surface area contributed by atoms with Crippen LogP contribution in [0.4, 0.5) is 0 Å². The van der Waals surface area contributed by atoms with Gasteiger partial charge in [-0.1, -0.05) is 0 Å². The Morgan fingerprint density at radius 1 is 1.42 bits per heavy atom. The van der Waals surface area contributed by atoms with Gasteiger partial charge in [0, 0.05) is 12.8 Å². The molecule has 1 aromatic heterocycles. The van der Waals surface area contributed by atoms with Crippen LogP contribution in [-0.2, 0) is 14.6 Å². The molecule has 0 bridgehead atoms. The van der Waals surface area contributed by atoms with E-state index in [4.69, 9.17) is 9.52 Å². The first-order valence-electron chi connectivity index (χ1n) is 5.64. The average molecular weight is 287 g/mol. The largest absolute Gasteiger partial charge is 0.480 e. The fourth-order valence-corrected chi connectivity index (χ4v) is 2.60. The molecule has 1 amide bonds. The maximum absolute atomic E-state index is 12.1. The van der Waals surface area contributed by atoms with E-state index in [0.717, 1.165) is 6.26 Å². The van der Waals surface area contributed by atoms with E-state index in [-0.39, 0.29) is 10.9 Å². The van der Waals surface area contributed by atoms with E-state index in [1.165, 1.54) is 17.0 Å². The Balaban J connectivity index is 2.25. The molecule has 0 saturated carbocycles. The van der Waals surface area contributed by atoms with E-state index in [9.17, 15) is 18.0 Å². The number of hydrogen-bond acceptors (Lipinski definition) is 5. The summed E-state index contributed by atoms with van der Waals surface area (Å²) in [6.45, 7) is 0.324. The second kappa shape index (κ2) is 4.69. The normalized spacial score (nSPS) is 19.6. The van der Waals surface area contributed by atoms with Crippen molar-refractivity contribution in [2.24, 2.45) is 0 Å². The molecule has 1 aliphatic rings. The summed E-state index contributed by atoms with van der Waals surface area (Å²) in [5, 5.41) is 8.69. The summed E-state index contributed by atoms with van der Waals surface area (Å²) in [5.74, 6) is -1.82. The summed E-state index contributed by atoms with van der Waals surface area (Å²) in [6.07, 6.45) is 1.96. The molecule has 1 fully saturated rings. The number of likely N-dealkylation sites (tertiary alicyclic amines) is 1. The molecule has 2 heterocycles. The fraction of sp³-hybridized carbons (Fsp3) is 0.455. The van der Waals surface area contributed by atoms with Crippen molar-refractivity contribution in [1.82, 2.24) is 4.90 Å². The molecule has 1 aromatic rings. The van der Waals surface area contributed by atoms with Crippen molar-refractivity contribution in [3.05, 3.63) is 17.9 Å². The zero-order valence-electron chi connectivity index (χ0n) is 10.2. The number of hydrogen-bond donors (Lipinski definition) is 1. The highest BCUT2D eigenvalue weighted by molar-refractivity contribution is 7.90. The Bertz CT molecular complexity index is 617. The second-order valence-corrected chi connectivity index (χ2v) is 6.33. The number of carbonyl (C=O) groups excluding carboxylic acids is 1. The van der Waals surface area contributed by atoms with Gasteiger partial charge in [0.05, 0.1) is 0 Å². The molecule has 0 aromatic carbocycles. The highest BCUT2D eigenvalue weighted by Crippen LogP contribution is 2.22. The van der Waals surface area contributed by atoms with Crippen molar-refractivity contribution >= 4 is 21.7 Å². The SMILES string of the molecule is CS(=O)(=O)c1ccc(C(=O)N2CCC[C@H]2C(=O)O)o1. The Labute approximate surface area is 109 Å². The van der Waals surface area contributed by atoms with Gasteiger partial charge in [0.1, 0.15) is 6.04 Å². The van der Waals surface area contributed by atoms with Gasteiger partial charge in [0.25, 0.3) is 5.91 Å². The number of sulfone groups is 1. The molecule has 8 heteroatoms. The zero-order valence-corrected chi connectivity index (χ0v) is 11.0. The van der Waals surface area contributed by atoms with Crippen LogP contribution < -0.4 is 0 Å². The van der Waals surface area contributed by atoms with Crippen molar-refractivity contribution < 1.29 is 27.5 Å². The van der Waals surface area contributed by atoms with Gasteiger partial charge in [-0.15, -0.1) is 0 Å². The average Bonchev–Trinajstić information content (AvgIpc) is 2.96. The highest BCUT2D eigenvalue weighted by atomic mass is 32.2. The molecule has 104 valence electrons. The summed E-state index contributed by atoms with van der Waals surface area (Å²) >= 11 is 0. The molecule has 2 rings (SSSR count). The lowest BCUT2D eigenvalue weighted by molar-refractivity contribution is -0.141. The van der Waals surface area contributed by atoms with Gasteiger partial charge >= 0.3 is 5.97 Å². The molecule has 19 heavy (non-hydrogen) atoms. The van der Waals surface area contributed by atoms with Crippen molar-refractivity contribution in [3.8, 4) is 0 Å². The summed E-state index contributed by atoms with van der Waals surface area (Å²) in [5.41, 5.74) is 0. The standard InChI is InChI=1S/C11H13NO6S/c1-19(16,17)9-5-4-8(18-9)10(13)12-6-2-3-7(12)11(14)15/h4-5,7H,2-3,6H2,1H3,(H,14,15)/t7-/m0/s1. The third kappa shape index (κ3) is 2.62. The van der Waals surface area contributed by atoms with Crippen LogP contribution in [0.1, 0.15) is 23.4 Å². The Morgan fingerprint density at radius 3 is 2.63 bits per heavy atom. The van der Waals surface area contributed by atoms with Gasteiger partial charge in [-0.3, -0.25) is 4.79 Å². The molecule has 1 saturated heterocycles. The Kier molecular flexibility index (Phi) is 3.36. The number of carboxylic acids is 1. The molecular formula is C11H13NO6S. The van der Waals surface area contributed by atoms with Gasteiger partial charge in [-0.2, -0.15) is 0 Å². The minimum Gasteiger partial charge on any atom is -0.480 e. The molecule has 0 aliphatic carbocycles. The summed E-state index contributed by atoms with van der Waals surface area (Å²) < 4.78 is 27.5. The summed E-state index contributed by atoms with van der Waals surface area (Å²) in [4.78, 5) is 24.3. The van der Waals surface area contributed by atoms with Crippen LogP contribution in [0, 0.1) is 0 Å². The fourth-order valence-electron chi connectivity index (χ4n) is 2.04. The Morgan fingerprint density at radius 2 is 2.11 bits per heavy atom. The molecule has 1 atom stereocenters. The number of amides is 1. The molecule has 0 unspecified atom stereocenters. The first kappa shape index (κ1) is 13.6. The van der Waals surface area contributed by atoms with Crippen LogP contribution in [0.5, 0.6) is 0 Å². The molecule has 1 aliphatic heterocycles. The molecule has 1 N–H and O–H groups in total. The van der Waals surface area contributed by atoms with E-state index in [1.54, 1.807) is 0 Å². The quantitative estimate of drug-likeness (QED) is 0.861. The number of nitrogens with zero attached hydrogens (tertiary/aromatic N) is 1. The monoisotopic (exact) mass is 287 g/mol. The number of aliphatic carboxylic acids is 1. The Hall–Kier alpha value is -1.83. The number of carboxylic acid groups (broad SMARTS) is 1. The lowest BCUT2D eigenvalue weighted by Gasteiger charge is -2.19. The van der Waals surface area contributed by atoms with Crippen molar-refractivity contribution in [3.63, 3.8) is 0 Å². The third-order valence-corrected chi connectivity index (χ3v) is 3.91. The zero-order chi connectivity index (χ0) is 14.2. The third-order valence-electron chi connectivity index (χ3n) is 2.96. The molecule has 0 radical (unpaired) electrons. The number of carbonyl (C=O) groups is 2. The second-order valence-electron chi connectivity index (χ2n) is 4.39.